The van der Waals surface area contributed by atoms with Crippen molar-refractivity contribution in [3.8, 4) is 0 Å². The van der Waals surface area contributed by atoms with Gasteiger partial charge in [-0.15, -0.1) is 0 Å². The summed E-state index contributed by atoms with van der Waals surface area (Å²) in [6, 6.07) is 0. The maximum absolute atomic E-state index is 9.81. The minimum absolute atomic E-state index is 0.556. The molecule has 0 radical (unpaired) electrons. The average Bonchev–Trinajstić information content (AvgIpc) is 2.76. The number of rotatable bonds is 20. The fraction of sp³-hybridized carbons (Fsp3) is 0.818. The molecule has 0 fully saturated rings. The third-order valence-electron chi connectivity index (χ3n) is 4.34. The minimum atomic E-state index is 0.556. The van der Waals surface area contributed by atoms with E-state index in [2.05, 4.69) is 20.0 Å². The van der Waals surface area contributed by atoms with Crippen LogP contribution in [0.2, 0.25) is 0 Å². The number of hydrogen-bond acceptors (Lipinski definition) is 8. The van der Waals surface area contributed by atoms with Gasteiger partial charge < -0.3 is 0 Å². The van der Waals surface area contributed by atoms with Gasteiger partial charge in [0.1, 0.15) is 0 Å². The molecule has 0 rings (SSSR count). The van der Waals surface area contributed by atoms with Crippen molar-refractivity contribution < 1.29 is 19.2 Å². The van der Waals surface area contributed by atoms with E-state index in [1.54, 1.807) is 12.2 Å². The average molecular weight is 421 g/mol. The second-order valence-electron chi connectivity index (χ2n) is 6.84. The predicted molar refractivity (Wildman–Crippen MR) is 117 cm³/mol. The summed E-state index contributed by atoms with van der Waals surface area (Å²) in [5.74, 6) is 0. The van der Waals surface area contributed by atoms with Gasteiger partial charge in [-0.3, -0.25) is 0 Å². The SMILES string of the molecule is O=C=NCCCCCCCCCCCCN=C=O.O=C=NCCCCCCN=C=O. The lowest BCUT2D eigenvalue weighted by Crippen LogP contribution is -1.85. The first-order valence-corrected chi connectivity index (χ1v) is 11.0. The molecule has 8 nitrogen and oxygen atoms in total. The summed E-state index contributed by atoms with van der Waals surface area (Å²) in [6.07, 6.45) is 21.9. The molecule has 0 saturated carbocycles. The summed E-state index contributed by atoms with van der Waals surface area (Å²) >= 11 is 0. The molecule has 0 spiro atoms. The van der Waals surface area contributed by atoms with E-state index < -0.39 is 0 Å². The summed E-state index contributed by atoms with van der Waals surface area (Å²) in [5.41, 5.74) is 0. The standard InChI is InChI=1S/C14H24N2O2.C8H12N2O2/c17-13-15-11-9-7-5-3-1-2-4-6-8-10-12-16-14-18;11-7-9-5-3-1-2-4-6-10-8-12/h1-12H2;1-6H2. The molecule has 30 heavy (non-hydrogen) atoms. The molecule has 0 aliphatic carbocycles. The third-order valence-corrected chi connectivity index (χ3v) is 4.34. The second kappa shape index (κ2) is 31.2. The van der Waals surface area contributed by atoms with Crippen molar-refractivity contribution in [1.82, 2.24) is 0 Å². The summed E-state index contributed by atoms with van der Waals surface area (Å²) in [4.78, 5) is 52.7. The van der Waals surface area contributed by atoms with E-state index >= 15 is 0 Å². The Morgan fingerprint density at radius 3 is 0.633 bits per heavy atom. The molecule has 0 atom stereocenters. The van der Waals surface area contributed by atoms with Crippen LogP contribution < -0.4 is 0 Å². The number of unbranched alkanes of at least 4 members (excludes halogenated alkanes) is 12. The van der Waals surface area contributed by atoms with Crippen molar-refractivity contribution in [2.45, 2.75) is 89.9 Å². The Morgan fingerprint density at radius 1 is 0.300 bits per heavy atom. The predicted octanol–water partition coefficient (Wildman–Crippen LogP) is 4.78. The highest BCUT2D eigenvalue weighted by molar-refractivity contribution is 5.33. The molecule has 8 heteroatoms. The smallest absolute Gasteiger partial charge is 0.211 e. The lowest BCUT2D eigenvalue weighted by molar-refractivity contribution is 0.547. The van der Waals surface area contributed by atoms with E-state index in [0.29, 0.717) is 26.2 Å². The monoisotopic (exact) mass is 420 g/mol. The minimum Gasteiger partial charge on any atom is -0.211 e. The van der Waals surface area contributed by atoms with Gasteiger partial charge in [-0.2, -0.15) is 0 Å². The molecule has 0 heterocycles. The number of isocyanates is 4. The van der Waals surface area contributed by atoms with Crippen LogP contribution in [0.15, 0.2) is 20.0 Å². The van der Waals surface area contributed by atoms with E-state index in [9.17, 15) is 19.2 Å². The quantitative estimate of drug-likeness (QED) is 0.160. The maximum atomic E-state index is 9.81. The molecular weight excluding hydrogens is 384 g/mol. The van der Waals surface area contributed by atoms with Gasteiger partial charge in [-0.05, 0) is 25.7 Å². The largest absolute Gasteiger partial charge is 0.234 e. The Balaban J connectivity index is 0. The Kier molecular flexibility index (Phi) is 30.9. The fourth-order valence-electron chi connectivity index (χ4n) is 2.71. The van der Waals surface area contributed by atoms with Crippen LogP contribution in [-0.2, 0) is 19.2 Å². The van der Waals surface area contributed by atoms with E-state index in [1.807, 2.05) is 0 Å². The van der Waals surface area contributed by atoms with Crippen molar-refractivity contribution in [3.05, 3.63) is 0 Å². The normalized spacial score (nSPS) is 9.07. The van der Waals surface area contributed by atoms with Gasteiger partial charge in [0.15, 0.2) is 0 Å². The van der Waals surface area contributed by atoms with Crippen molar-refractivity contribution >= 4 is 24.3 Å². The van der Waals surface area contributed by atoms with Crippen molar-refractivity contribution in [2.24, 2.45) is 20.0 Å². The van der Waals surface area contributed by atoms with Crippen LogP contribution in [0.3, 0.4) is 0 Å². The van der Waals surface area contributed by atoms with Gasteiger partial charge in [0.2, 0.25) is 24.3 Å². The second-order valence-corrected chi connectivity index (χ2v) is 6.84. The van der Waals surface area contributed by atoms with Crippen molar-refractivity contribution in [2.75, 3.05) is 26.2 Å². The topological polar surface area (TPSA) is 118 Å². The van der Waals surface area contributed by atoms with E-state index in [0.717, 1.165) is 51.4 Å². The number of nitrogens with zero attached hydrogens (tertiary/aromatic N) is 4. The zero-order valence-corrected chi connectivity index (χ0v) is 18.1. The molecule has 0 aromatic heterocycles. The van der Waals surface area contributed by atoms with Crippen LogP contribution in [-0.4, -0.2) is 50.5 Å². The first-order valence-electron chi connectivity index (χ1n) is 11.0. The van der Waals surface area contributed by atoms with Gasteiger partial charge >= 0.3 is 0 Å². The summed E-state index contributed by atoms with van der Waals surface area (Å²) in [5, 5.41) is 0. The highest BCUT2D eigenvalue weighted by atomic mass is 16.1. The van der Waals surface area contributed by atoms with Crippen molar-refractivity contribution in [3.63, 3.8) is 0 Å². The lowest BCUT2D eigenvalue weighted by atomic mass is 10.1. The molecule has 0 saturated heterocycles. The molecule has 0 unspecified atom stereocenters. The zero-order chi connectivity index (χ0) is 22.4. The summed E-state index contributed by atoms with van der Waals surface area (Å²) < 4.78 is 0. The van der Waals surface area contributed by atoms with E-state index in [4.69, 9.17) is 0 Å². The first-order chi connectivity index (χ1) is 14.8. The Morgan fingerprint density at radius 2 is 0.467 bits per heavy atom. The van der Waals surface area contributed by atoms with E-state index in [1.165, 1.54) is 50.7 Å². The van der Waals surface area contributed by atoms with Gasteiger partial charge in [-0.25, -0.2) is 39.1 Å². The Hall–Kier alpha value is -2.48. The first kappa shape index (κ1) is 29.7. The lowest BCUT2D eigenvalue weighted by Gasteiger charge is -2.01. The number of aliphatic imine (C=N–C) groups is 4. The molecule has 0 amide bonds. The van der Waals surface area contributed by atoms with E-state index in [-0.39, 0.29) is 0 Å². The van der Waals surface area contributed by atoms with Crippen molar-refractivity contribution in [1.29, 1.82) is 0 Å². The highest BCUT2D eigenvalue weighted by Crippen LogP contribution is 2.10. The number of carbonyl (C=O) groups excluding carboxylic acids is 4. The molecule has 0 aromatic rings. The Bertz CT molecular complexity index is 507. The highest BCUT2D eigenvalue weighted by Gasteiger charge is 1.93. The van der Waals surface area contributed by atoms with Crippen LogP contribution >= 0.6 is 0 Å². The molecule has 168 valence electrons. The van der Waals surface area contributed by atoms with Gasteiger partial charge in [-0.1, -0.05) is 64.2 Å². The van der Waals surface area contributed by atoms with Crippen LogP contribution in [0.1, 0.15) is 89.9 Å². The summed E-state index contributed by atoms with van der Waals surface area (Å²) in [6.45, 7) is 2.38. The molecule has 0 aromatic carbocycles. The van der Waals surface area contributed by atoms with Crippen LogP contribution in [0.4, 0.5) is 0 Å². The molecule has 0 aliphatic rings. The number of hydrogen-bond donors (Lipinski definition) is 0. The molecule has 0 N–H and O–H groups in total. The van der Waals surface area contributed by atoms with Gasteiger partial charge in [0.05, 0.1) is 26.2 Å². The van der Waals surface area contributed by atoms with Crippen LogP contribution in [0.5, 0.6) is 0 Å². The molecule has 0 aliphatic heterocycles. The van der Waals surface area contributed by atoms with Crippen LogP contribution in [0.25, 0.3) is 0 Å². The van der Waals surface area contributed by atoms with Gasteiger partial charge in [0, 0.05) is 0 Å². The fourth-order valence-corrected chi connectivity index (χ4v) is 2.71. The summed E-state index contributed by atoms with van der Waals surface area (Å²) in [7, 11) is 0. The molecule has 0 bridgehead atoms. The zero-order valence-electron chi connectivity index (χ0n) is 18.1. The van der Waals surface area contributed by atoms with Crippen LogP contribution in [0, 0.1) is 0 Å². The third kappa shape index (κ3) is 33.1. The maximum Gasteiger partial charge on any atom is 0.234 e. The van der Waals surface area contributed by atoms with Gasteiger partial charge in [0.25, 0.3) is 0 Å². The molecular formula is C22H36N4O4. The Labute approximate surface area is 180 Å².